The van der Waals surface area contributed by atoms with E-state index in [0.29, 0.717) is 18.2 Å². The van der Waals surface area contributed by atoms with E-state index in [2.05, 4.69) is 15.3 Å². The number of carbonyl (C=O) groups is 1. The molecule has 1 aliphatic heterocycles. The minimum atomic E-state index is -0.857. The lowest BCUT2D eigenvalue weighted by Crippen LogP contribution is -2.41. The number of nitrogens with one attached hydrogen (secondary N) is 2. The predicted octanol–water partition coefficient (Wildman–Crippen LogP) is 0.162. The van der Waals surface area contributed by atoms with E-state index in [9.17, 15) is 4.79 Å². The Morgan fingerprint density at radius 1 is 1.69 bits per heavy atom. The van der Waals surface area contributed by atoms with E-state index in [-0.39, 0.29) is 0 Å². The van der Waals surface area contributed by atoms with E-state index in [0.717, 1.165) is 11.4 Å². The van der Waals surface area contributed by atoms with Crippen molar-refractivity contribution in [2.45, 2.75) is 19.0 Å². The molecule has 2 rings (SSSR count). The second-order valence-electron chi connectivity index (χ2n) is 2.93. The van der Waals surface area contributed by atoms with Gasteiger partial charge in [0.15, 0.2) is 0 Å². The average molecular weight is 202 g/mol. The molecule has 3 N–H and O–H groups in total. The minimum Gasteiger partial charge on any atom is -0.480 e. The van der Waals surface area contributed by atoms with Crippen LogP contribution in [-0.2, 0) is 17.8 Å². The lowest BCUT2D eigenvalue weighted by Gasteiger charge is -2.18. The van der Waals surface area contributed by atoms with Crippen molar-refractivity contribution in [3.8, 4) is 0 Å². The fourth-order valence-electron chi connectivity index (χ4n) is 1.39. The predicted molar refractivity (Wildman–Crippen MR) is 45.6 cm³/mol. The standard InChI is InChI=1S/C7H8ClN3O2/c8-7-10-3-1-4(6(12)13)9-2-5(3)11-7/h4,9H,1-2H2,(H,10,11)(H,12,13). The summed E-state index contributed by atoms with van der Waals surface area (Å²) in [5.41, 5.74) is 1.62. The number of nitrogens with zero attached hydrogens (tertiary/aromatic N) is 1. The van der Waals surface area contributed by atoms with Gasteiger partial charge in [0.25, 0.3) is 0 Å². The summed E-state index contributed by atoms with van der Waals surface area (Å²) in [6, 6.07) is -0.549. The topological polar surface area (TPSA) is 78.0 Å². The molecule has 1 aliphatic rings. The number of aliphatic carboxylic acids is 1. The van der Waals surface area contributed by atoms with Crippen molar-refractivity contribution in [3.63, 3.8) is 0 Å². The van der Waals surface area contributed by atoms with Gasteiger partial charge in [0, 0.05) is 13.0 Å². The number of rotatable bonds is 1. The summed E-state index contributed by atoms with van der Waals surface area (Å²) in [4.78, 5) is 17.5. The van der Waals surface area contributed by atoms with E-state index in [1.165, 1.54) is 0 Å². The number of hydrogen-bond donors (Lipinski definition) is 3. The highest BCUT2D eigenvalue weighted by Crippen LogP contribution is 2.16. The van der Waals surface area contributed by atoms with Gasteiger partial charge in [-0.05, 0) is 11.6 Å². The Kier molecular flexibility index (Phi) is 1.97. The summed E-state index contributed by atoms with van der Waals surface area (Å²) in [6.45, 7) is 0.478. The molecule has 70 valence electrons. The van der Waals surface area contributed by atoms with Crippen LogP contribution in [0.25, 0.3) is 0 Å². The molecule has 0 spiro atoms. The summed E-state index contributed by atoms with van der Waals surface area (Å²) < 4.78 is 0. The molecule has 1 aromatic rings. The number of H-pyrrole nitrogens is 1. The lowest BCUT2D eigenvalue weighted by atomic mass is 10.1. The molecule has 1 unspecified atom stereocenters. The Hall–Kier alpha value is -1.07. The zero-order chi connectivity index (χ0) is 9.42. The molecule has 5 nitrogen and oxygen atoms in total. The minimum absolute atomic E-state index is 0.317. The zero-order valence-corrected chi connectivity index (χ0v) is 7.43. The third-order valence-electron chi connectivity index (χ3n) is 2.06. The molecule has 0 fully saturated rings. The molecule has 1 atom stereocenters. The second-order valence-corrected chi connectivity index (χ2v) is 3.29. The number of aromatic nitrogens is 2. The van der Waals surface area contributed by atoms with Crippen LogP contribution in [0, 0.1) is 0 Å². The van der Waals surface area contributed by atoms with Crippen molar-refractivity contribution in [2.24, 2.45) is 0 Å². The van der Waals surface area contributed by atoms with Crippen LogP contribution in [0.5, 0.6) is 0 Å². The molecule has 1 aromatic heterocycles. The van der Waals surface area contributed by atoms with Crippen LogP contribution >= 0.6 is 11.6 Å². The van der Waals surface area contributed by atoms with Gasteiger partial charge in [0.1, 0.15) is 6.04 Å². The van der Waals surface area contributed by atoms with Crippen molar-refractivity contribution in [1.29, 1.82) is 0 Å². The van der Waals surface area contributed by atoms with Crippen LogP contribution in [-0.4, -0.2) is 27.1 Å². The summed E-state index contributed by atoms with van der Waals surface area (Å²) >= 11 is 5.64. The summed E-state index contributed by atoms with van der Waals surface area (Å²) in [7, 11) is 0. The highest BCUT2D eigenvalue weighted by molar-refractivity contribution is 6.28. The van der Waals surface area contributed by atoms with Gasteiger partial charge < -0.3 is 10.1 Å². The first-order valence-electron chi connectivity index (χ1n) is 3.86. The van der Waals surface area contributed by atoms with Gasteiger partial charge in [0.2, 0.25) is 5.28 Å². The molecule has 6 heteroatoms. The van der Waals surface area contributed by atoms with Gasteiger partial charge in [-0.25, -0.2) is 4.98 Å². The first kappa shape index (κ1) is 8.52. The Balaban J connectivity index is 2.24. The van der Waals surface area contributed by atoms with E-state index in [1.807, 2.05) is 0 Å². The van der Waals surface area contributed by atoms with Crippen LogP contribution in [0.3, 0.4) is 0 Å². The van der Waals surface area contributed by atoms with E-state index >= 15 is 0 Å². The van der Waals surface area contributed by atoms with Gasteiger partial charge in [-0.1, -0.05) is 0 Å². The maximum absolute atomic E-state index is 10.6. The lowest BCUT2D eigenvalue weighted by molar-refractivity contribution is -0.139. The number of carboxylic acids is 1. The van der Waals surface area contributed by atoms with Crippen molar-refractivity contribution in [3.05, 3.63) is 16.7 Å². The SMILES string of the molecule is O=C(O)C1Cc2nc(Cl)[nH]c2CN1. The van der Waals surface area contributed by atoms with Gasteiger partial charge in [-0.15, -0.1) is 0 Å². The summed E-state index contributed by atoms with van der Waals surface area (Å²) in [6.07, 6.45) is 0.383. The molecule has 0 amide bonds. The maximum Gasteiger partial charge on any atom is 0.321 e. The van der Waals surface area contributed by atoms with Crippen LogP contribution in [0.15, 0.2) is 0 Å². The molecule has 0 aliphatic carbocycles. The third kappa shape index (κ3) is 1.52. The smallest absolute Gasteiger partial charge is 0.321 e. The summed E-state index contributed by atoms with van der Waals surface area (Å²) in [5.74, 6) is -0.857. The monoisotopic (exact) mass is 201 g/mol. The highest BCUT2D eigenvalue weighted by Gasteiger charge is 2.25. The van der Waals surface area contributed by atoms with Gasteiger partial charge in [-0.3, -0.25) is 10.1 Å². The van der Waals surface area contributed by atoms with Crippen LogP contribution in [0.4, 0.5) is 0 Å². The van der Waals surface area contributed by atoms with Crippen molar-refractivity contribution >= 4 is 17.6 Å². The first-order chi connectivity index (χ1) is 6.16. The van der Waals surface area contributed by atoms with E-state index in [1.54, 1.807) is 0 Å². The molecule has 0 saturated heterocycles. The van der Waals surface area contributed by atoms with Crippen LogP contribution in [0.2, 0.25) is 5.28 Å². The number of halogens is 1. The van der Waals surface area contributed by atoms with Gasteiger partial charge in [0.05, 0.1) is 11.4 Å². The van der Waals surface area contributed by atoms with Crippen LogP contribution in [0.1, 0.15) is 11.4 Å². The molecule has 0 aromatic carbocycles. The Morgan fingerprint density at radius 2 is 2.46 bits per heavy atom. The number of aromatic amines is 1. The number of imidazole rings is 1. The van der Waals surface area contributed by atoms with Gasteiger partial charge >= 0.3 is 5.97 Å². The van der Waals surface area contributed by atoms with Crippen molar-refractivity contribution < 1.29 is 9.90 Å². The molecule has 0 radical (unpaired) electrons. The van der Waals surface area contributed by atoms with Gasteiger partial charge in [-0.2, -0.15) is 0 Å². The van der Waals surface area contributed by atoms with Crippen molar-refractivity contribution in [1.82, 2.24) is 15.3 Å². The normalized spacial score (nSPS) is 21.2. The first-order valence-corrected chi connectivity index (χ1v) is 4.24. The maximum atomic E-state index is 10.6. The molecule has 13 heavy (non-hydrogen) atoms. The number of hydrogen-bond acceptors (Lipinski definition) is 3. The fraction of sp³-hybridized carbons (Fsp3) is 0.429. The Bertz CT molecular complexity index is 350. The summed E-state index contributed by atoms with van der Waals surface area (Å²) in [5, 5.41) is 11.9. The molecule has 0 saturated carbocycles. The largest absolute Gasteiger partial charge is 0.480 e. The van der Waals surface area contributed by atoms with Crippen molar-refractivity contribution in [2.75, 3.05) is 0 Å². The molecule has 0 bridgehead atoms. The fourth-order valence-corrected chi connectivity index (χ4v) is 1.61. The molecular formula is C7H8ClN3O2. The van der Waals surface area contributed by atoms with Crippen LogP contribution < -0.4 is 5.32 Å². The average Bonchev–Trinajstić information content (AvgIpc) is 2.42. The number of carboxylic acid groups (broad SMARTS) is 1. The molecule has 2 heterocycles. The van der Waals surface area contributed by atoms with E-state index < -0.39 is 12.0 Å². The third-order valence-corrected chi connectivity index (χ3v) is 2.24. The van der Waals surface area contributed by atoms with E-state index in [4.69, 9.17) is 16.7 Å². The Morgan fingerprint density at radius 3 is 3.15 bits per heavy atom. The Labute approximate surface area is 79.1 Å². The number of fused-ring (bicyclic) bond motifs is 1. The molecular weight excluding hydrogens is 194 g/mol. The zero-order valence-electron chi connectivity index (χ0n) is 6.67. The second kappa shape index (κ2) is 3.01. The quantitative estimate of drug-likeness (QED) is 0.605. The highest BCUT2D eigenvalue weighted by atomic mass is 35.5.